The first kappa shape index (κ1) is 17.7. The Morgan fingerprint density at radius 1 is 1.08 bits per heavy atom. The number of carboxylic acids is 1. The minimum Gasteiger partial charge on any atom is -0.481 e. The van der Waals surface area contributed by atoms with Gasteiger partial charge in [0.25, 0.3) is 0 Å². The number of carbonyl (C=O) groups is 2. The first-order valence-corrected chi connectivity index (χ1v) is 7.69. The molecule has 0 radical (unpaired) electrons. The molecule has 0 aromatic heterocycles. The molecule has 1 atom stereocenters. The van der Waals surface area contributed by atoms with E-state index < -0.39 is 17.7 Å². The van der Waals surface area contributed by atoms with Gasteiger partial charge in [0.2, 0.25) is 5.91 Å². The highest BCUT2D eigenvalue weighted by Gasteiger charge is 2.22. The topological polar surface area (TPSA) is 66.4 Å². The minimum atomic E-state index is -1.03. The van der Waals surface area contributed by atoms with Crippen molar-refractivity contribution in [3.8, 4) is 0 Å². The normalized spacial score (nSPS) is 11.8. The summed E-state index contributed by atoms with van der Waals surface area (Å²) >= 11 is 0. The van der Waals surface area contributed by atoms with E-state index in [0.29, 0.717) is 12.1 Å². The lowest BCUT2D eigenvalue weighted by Gasteiger charge is -2.16. The Labute approximate surface area is 140 Å². The van der Waals surface area contributed by atoms with Crippen LogP contribution in [0.25, 0.3) is 0 Å². The largest absolute Gasteiger partial charge is 0.481 e. The lowest BCUT2D eigenvalue weighted by Crippen LogP contribution is -2.27. The lowest BCUT2D eigenvalue weighted by atomic mass is 9.93. The van der Waals surface area contributed by atoms with E-state index in [1.807, 2.05) is 32.0 Å². The van der Waals surface area contributed by atoms with E-state index >= 15 is 0 Å². The summed E-state index contributed by atoms with van der Waals surface area (Å²) in [5.41, 5.74) is 3.50. The summed E-state index contributed by atoms with van der Waals surface area (Å²) in [7, 11) is 0. The second kappa shape index (κ2) is 7.73. The number of aryl methyl sites for hydroxylation is 2. The van der Waals surface area contributed by atoms with Crippen molar-refractivity contribution in [2.45, 2.75) is 26.7 Å². The average molecular weight is 329 g/mol. The molecule has 0 unspecified atom stereocenters. The van der Waals surface area contributed by atoms with Gasteiger partial charge in [-0.1, -0.05) is 29.3 Å². The van der Waals surface area contributed by atoms with E-state index in [4.69, 9.17) is 5.11 Å². The van der Waals surface area contributed by atoms with E-state index in [1.54, 1.807) is 0 Å². The molecule has 0 heterocycles. The van der Waals surface area contributed by atoms with Crippen LogP contribution in [0, 0.1) is 25.6 Å². The summed E-state index contributed by atoms with van der Waals surface area (Å²) in [6, 6.07) is 11.3. The quantitative estimate of drug-likeness (QED) is 0.849. The molecule has 0 spiro atoms. The summed E-state index contributed by atoms with van der Waals surface area (Å²) < 4.78 is 12.9. The molecule has 2 N–H and O–H groups in total. The van der Waals surface area contributed by atoms with Crippen LogP contribution in [-0.2, 0) is 16.0 Å². The minimum absolute atomic E-state index is 0.264. The zero-order chi connectivity index (χ0) is 17.7. The van der Waals surface area contributed by atoms with Gasteiger partial charge in [-0.2, -0.15) is 0 Å². The number of carbonyl (C=O) groups excluding carboxylic acids is 1. The van der Waals surface area contributed by atoms with Gasteiger partial charge in [-0.15, -0.1) is 0 Å². The fourth-order valence-corrected chi connectivity index (χ4v) is 2.72. The second-order valence-corrected chi connectivity index (χ2v) is 5.99. The summed E-state index contributed by atoms with van der Waals surface area (Å²) in [4.78, 5) is 23.5. The second-order valence-electron chi connectivity index (χ2n) is 5.99. The maximum atomic E-state index is 12.9. The molecule has 0 aliphatic rings. The number of aliphatic carboxylic acids is 1. The first-order valence-electron chi connectivity index (χ1n) is 7.69. The maximum Gasteiger partial charge on any atom is 0.304 e. The van der Waals surface area contributed by atoms with Gasteiger partial charge in [-0.05, 0) is 50.1 Å². The van der Waals surface area contributed by atoms with Crippen molar-refractivity contribution in [2.24, 2.45) is 5.92 Å². The average Bonchev–Trinajstić information content (AvgIpc) is 2.47. The summed E-state index contributed by atoms with van der Waals surface area (Å²) in [6.45, 7) is 3.92. The highest BCUT2D eigenvalue weighted by atomic mass is 19.1. The van der Waals surface area contributed by atoms with Crippen molar-refractivity contribution in [3.63, 3.8) is 0 Å². The van der Waals surface area contributed by atoms with Crippen molar-refractivity contribution in [2.75, 3.05) is 5.32 Å². The van der Waals surface area contributed by atoms with Gasteiger partial charge in [0.05, 0.1) is 12.3 Å². The fourth-order valence-electron chi connectivity index (χ4n) is 2.72. The SMILES string of the molecule is Cc1cc(C)cc(C[C@@H](CC(=O)O)C(=O)Nc2ccc(F)cc2)c1. The third-order valence-corrected chi connectivity index (χ3v) is 3.67. The molecular formula is C19H20FNO3. The van der Waals surface area contributed by atoms with Crippen LogP contribution in [0.4, 0.5) is 10.1 Å². The molecule has 126 valence electrons. The van der Waals surface area contributed by atoms with Gasteiger partial charge in [0.1, 0.15) is 5.82 Å². The van der Waals surface area contributed by atoms with Gasteiger partial charge >= 0.3 is 5.97 Å². The van der Waals surface area contributed by atoms with Crippen LogP contribution in [-0.4, -0.2) is 17.0 Å². The zero-order valence-electron chi connectivity index (χ0n) is 13.7. The van der Waals surface area contributed by atoms with Crippen LogP contribution >= 0.6 is 0 Å². The molecule has 0 saturated carbocycles. The smallest absolute Gasteiger partial charge is 0.304 e. The Morgan fingerprint density at radius 3 is 2.21 bits per heavy atom. The number of hydrogen-bond donors (Lipinski definition) is 2. The molecule has 2 rings (SSSR count). The van der Waals surface area contributed by atoms with Crippen molar-refractivity contribution >= 4 is 17.6 Å². The predicted octanol–water partition coefficient (Wildman–Crippen LogP) is 3.71. The summed E-state index contributed by atoms with van der Waals surface area (Å²) in [6.07, 6.45) is 0.0713. The number of benzene rings is 2. The summed E-state index contributed by atoms with van der Waals surface area (Å²) in [5, 5.41) is 11.7. The van der Waals surface area contributed by atoms with Crippen LogP contribution in [0.5, 0.6) is 0 Å². The molecule has 0 saturated heterocycles. The molecule has 24 heavy (non-hydrogen) atoms. The van der Waals surface area contributed by atoms with Crippen molar-refractivity contribution < 1.29 is 19.1 Å². The predicted molar refractivity (Wildman–Crippen MR) is 90.4 cm³/mol. The zero-order valence-corrected chi connectivity index (χ0v) is 13.7. The number of nitrogens with one attached hydrogen (secondary N) is 1. The van der Waals surface area contributed by atoms with Crippen molar-refractivity contribution in [1.29, 1.82) is 0 Å². The monoisotopic (exact) mass is 329 g/mol. The van der Waals surface area contributed by atoms with Crippen LogP contribution in [0.3, 0.4) is 0 Å². The third-order valence-electron chi connectivity index (χ3n) is 3.67. The van der Waals surface area contributed by atoms with Crippen molar-refractivity contribution in [3.05, 3.63) is 65.0 Å². The van der Waals surface area contributed by atoms with Crippen LogP contribution in [0.2, 0.25) is 0 Å². The summed E-state index contributed by atoms with van der Waals surface area (Å²) in [5.74, 6) is -2.51. The maximum absolute atomic E-state index is 12.9. The molecule has 0 fully saturated rings. The van der Waals surface area contributed by atoms with Crippen molar-refractivity contribution in [1.82, 2.24) is 0 Å². The Bertz CT molecular complexity index is 721. The highest BCUT2D eigenvalue weighted by molar-refractivity contribution is 5.94. The molecule has 2 aromatic carbocycles. The molecule has 0 aliphatic carbocycles. The standard InChI is InChI=1S/C19H20FNO3/c1-12-7-13(2)9-14(8-12)10-15(11-18(22)23)19(24)21-17-5-3-16(20)4-6-17/h3-9,15H,10-11H2,1-2H3,(H,21,24)(H,22,23)/t15-/m0/s1. The van der Waals surface area contributed by atoms with Crippen LogP contribution in [0.15, 0.2) is 42.5 Å². The van der Waals surface area contributed by atoms with E-state index in [0.717, 1.165) is 16.7 Å². The Balaban J connectivity index is 2.15. The third kappa shape index (κ3) is 5.19. The number of rotatable bonds is 6. The van der Waals surface area contributed by atoms with Gasteiger partial charge in [0.15, 0.2) is 0 Å². The molecule has 1 amide bonds. The van der Waals surface area contributed by atoms with E-state index in [-0.39, 0.29) is 12.3 Å². The molecular weight excluding hydrogens is 309 g/mol. The lowest BCUT2D eigenvalue weighted by molar-refractivity contribution is -0.140. The van der Waals surface area contributed by atoms with Gasteiger partial charge in [-0.25, -0.2) is 4.39 Å². The Morgan fingerprint density at radius 2 is 1.67 bits per heavy atom. The van der Waals surface area contributed by atoms with E-state index in [1.165, 1.54) is 24.3 Å². The van der Waals surface area contributed by atoms with Crippen LogP contribution in [0.1, 0.15) is 23.1 Å². The highest BCUT2D eigenvalue weighted by Crippen LogP contribution is 2.18. The van der Waals surface area contributed by atoms with Gasteiger partial charge in [-0.3, -0.25) is 9.59 Å². The fraction of sp³-hybridized carbons (Fsp3) is 0.263. The van der Waals surface area contributed by atoms with E-state index in [2.05, 4.69) is 5.32 Å². The Kier molecular flexibility index (Phi) is 5.68. The molecule has 5 heteroatoms. The van der Waals surface area contributed by atoms with Gasteiger partial charge < -0.3 is 10.4 Å². The molecule has 4 nitrogen and oxygen atoms in total. The number of carboxylic acid groups (broad SMARTS) is 1. The Hall–Kier alpha value is -2.69. The molecule has 2 aromatic rings. The first-order chi connectivity index (χ1) is 11.3. The number of hydrogen-bond acceptors (Lipinski definition) is 2. The van der Waals surface area contributed by atoms with E-state index in [9.17, 15) is 14.0 Å². The number of halogens is 1. The number of anilines is 1. The molecule has 0 bridgehead atoms. The van der Waals surface area contributed by atoms with Gasteiger partial charge in [0, 0.05) is 5.69 Å². The van der Waals surface area contributed by atoms with Crippen LogP contribution < -0.4 is 5.32 Å². The number of amides is 1. The molecule has 0 aliphatic heterocycles.